The first kappa shape index (κ1) is 26.9. The summed E-state index contributed by atoms with van der Waals surface area (Å²) in [5.41, 5.74) is 5.70. The molecule has 0 amide bonds. The average Bonchev–Trinajstić information content (AvgIpc) is 3.38. The quantitative estimate of drug-likeness (QED) is 0.434. The lowest BCUT2D eigenvalue weighted by Gasteiger charge is -2.47. The molecule has 0 bridgehead atoms. The maximum absolute atomic E-state index is 12.5. The van der Waals surface area contributed by atoms with Gasteiger partial charge in [0.1, 0.15) is 0 Å². The Balaban J connectivity index is 1.17. The van der Waals surface area contributed by atoms with Crippen molar-refractivity contribution in [3.05, 3.63) is 65.0 Å². The van der Waals surface area contributed by atoms with Gasteiger partial charge in [-0.05, 0) is 101 Å². The molecular weight excluding hydrogens is 486 g/mol. The molecule has 1 spiro atoms. The van der Waals surface area contributed by atoms with Crippen LogP contribution in [0.1, 0.15) is 106 Å². The first-order valence-corrected chi connectivity index (χ1v) is 15.3. The Labute approximate surface area is 233 Å². The van der Waals surface area contributed by atoms with Gasteiger partial charge >= 0.3 is 5.97 Å². The fourth-order valence-corrected chi connectivity index (χ4v) is 8.12. The lowest BCUT2D eigenvalue weighted by molar-refractivity contribution is -0.149. The molecule has 3 atom stereocenters. The van der Waals surface area contributed by atoms with Crippen LogP contribution in [-0.4, -0.2) is 53.8 Å². The van der Waals surface area contributed by atoms with Gasteiger partial charge < -0.3 is 14.8 Å². The van der Waals surface area contributed by atoms with Gasteiger partial charge in [-0.2, -0.15) is 0 Å². The number of hydrogen-bond donors (Lipinski definition) is 1. The van der Waals surface area contributed by atoms with E-state index < -0.39 is 0 Å². The number of esters is 1. The minimum Gasteiger partial charge on any atom is -0.462 e. The van der Waals surface area contributed by atoms with Crippen LogP contribution in [-0.2, 0) is 26.1 Å². The number of pyridine rings is 1. The summed E-state index contributed by atoms with van der Waals surface area (Å²) in [6, 6.07) is 13.9. The average molecular weight is 532 g/mol. The molecule has 4 aliphatic rings. The highest BCUT2D eigenvalue weighted by atomic mass is 16.5. The molecule has 1 saturated heterocycles. The highest BCUT2D eigenvalue weighted by Crippen LogP contribution is 2.50. The number of nitrogens with zero attached hydrogens (tertiary/aromatic N) is 2. The largest absolute Gasteiger partial charge is 0.462 e. The summed E-state index contributed by atoms with van der Waals surface area (Å²) in [7, 11) is 0. The molecule has 6 rings (SSSR count). The Hall–Kier alpha value is -2.28. The van der Waals surface area contributed by atoms with E-state index in [2.05, 4.69) is 40.5 Å². The summed E-state index contributed by atoms with van der Waals surface area (Å²) >= 11 is 0. The maximum Gasteiger partial charge on any atom is 0.320 e. The number of carbonyl (C=O) groups excluding carboxylic acids is 1. The van der Waals surface area contributed by atoms with Crippen molar-refractivity contribution in [3.8, 4) is 0 Å². The maximum atomic E-state index is 12.5. The van der Waals surface area contributed by atoms with Crippen LogP contribution in [0.4, 0.5) is 0 Å². The molecule has 1 N–H and O–H groups in total. The number of nitrogens with one attached hydrogen (secondary N) is 1. The second-order valence-corrected chi connectivity index (χ2v) is 12.7. The van der Waals surface area contributed by atoms with Crippen LogP contribution < -0.4 is 5.32 Å². The highest BCUT2D eigenvalue weighted by Gasteiger charge is 2.48. The lowest BCUT2D eigenvalue weighted by atomic mass is 9.68. The van der Waals surface area contributed by atoms with Crippen LogP contribution in [0, 0.1) is 0 Å². The molecular formula is C33H45N3O3. The molecule has 2 aromatic rings. The number of rotatable bonds is 8. The van der Waals surface area contributed by atoms with Crippen molar-refractivity contribution in [2.45, 2.75) is 107 Å². The summed E-state index contributed by atoms with van der Waals surface area (Å²) in [5, 5.41) is 4.00. The van der Waals surface area contributed by atoms with Crippen LogP contribution in [0.15, 0.2) is 42.6 Å². The molecule has 1 aromatic carbocycles. The zero-order valence-electron chi connectivity index (χ0n) is 23.8. The Morgan fingerprint density at radius 3 is 2.82 bits per heavy atom. The van der Waals surface area contributed by atoms with Crippen molar-refractivity contribution in [2.75, 3.05) is 26.2 Å². The second kappa shape index (κ2) is 11.3. The van der Waals surface area contributed by atoms with E-state index in [1.165, 1.54) is 48.1 Å². The van der Waals surface area contributed by atoms with E-state index in [4.69, 9.17) is 14.5 Å². The number of carbonyl (C=O) groups is 1. The van der Waals surface area contributed by atoms with Crippen molar-refractivity contribution in [3.63, 3.8) is 0 Å². The van der Waals surface area contributed by atoms with Gasteiger partial charge in [0.2, 0.25) is 0 Å². The van der Waals surface area contributed by atoms with Crippen LogP contribution in [0.2, 0.25) is 0 Å². The van der Waals surface area contributed by atoms with E-state index in [0.717, 1.165) is 58.2 Å². The minimum absolute atomic E-state index is 0.0481. The van der Waals surface area contributed by atoms with Gasteiger partial charge in [0, 0.05) is 42.5 Å². The van der Waals surface area contributed by atoms with E-state index in [1.54, 1.807) is 0 Å². The topological polar surface area (TPSA) is 63.7 Å². The molecule has 1 saturated carbocycles. The van der Waals surface area contributed by atoms with E-state index in [-0.39, 0.29) is 23.1 Å². The third-order valence-electron chi connectivity index (χ3n) is 9.84. The highest BCUT2D eigenvalue weighted by molar-refractivity contribution is 5.72. The summed E-state index contributed by atoms with van der Waals surface area (Å²) in [4.78, 5) is 19.8. The van der Waals surface area contributed by atoms with Crippen molar-refractivity contribution in [1.29, 1.82) is 0 Å². The van der Waals surface area contributed by atoms with Crippen LogP contribution in [0.5, 0.6) is 0 Å². The van der Waals surface area contributed by atoms with Crippen molar-refractivity contribution >= 4 is 5.97 Å². The van der Waals surface area contributed by atoms with Gasteiger partial charge in [-0.15, -0.1) is 0 Å². The van der Waals surface area contributed by atoms with Gasteiger partial charge in [0.25, 0.3) is 0 Å². The van der Waals surface area contributed by atoms with Crippen molar-refractivity contribution < 1.29 is 14.3 Å². The molecule has 2 aliphatic carbocycles. The summed E-state index contributed by atoms with van der Waals surface area (Å²) in [6.45, 7) is 6.95. The molecule has 3 heterocycles. The Bertz CT molecular complexity index is 1150. The molecule has 0 radical (unpaired) electrons. The number of hydrogen-bond acceptors (Lipinski definition) is 6. The third-order valence-corrected chi connectivity index (χ3v) is 9.84. The Morgan fingerprint density at radius 2 is 2.03 bits per heavy atom. The summed E-state index contributed by atoms with van der Waals surface area (Å²) in [5.74, 6) is -0.109. The van der Waals surface area contributed by atoms with Gasteiger partial charge in [-0.1, -0.05) is 37.1 Å². The predicted molar refractivity (Wildman–Crippen MR) is 153 cm³/mol. The Morgan fingerprint density at radius 1 is 1.15 bits per heavy atom. The smallest absolute Gasteiger partial charge is 0.320 e. The van der Waals surface area contributed by atoms with Crippen LogP contribution >= 0.6 is 0 Å². The van der Waals surface area contributed by atoms with E-state index in [1.807, 2.05) is 26.1 Å². The van der Waals surface area contributed by atoms with Crippen molar-refractivity contribution in [2.24, 2.45) is 0 Å². The second-order valence-electron chi connectivity index (χ2n) is 12.7. The first-order chi connectivity index (χ1) is 19.0. The predicted octanol–water partition coefficient (Wildman–Crippen LogP) is 5.81. The summed E-state index contributed by atoms with van der Waals surface area (Å²) in [6.07, 6.45) is 13.2. The molecule has 39 heavy (non-hydrogen) atoms. The SMILES string of the molecule is CC(C)OC(=O)CN1CCc2cccc3c2C1CCC3NCC[C@@]1(c2ccccn2)CCOC2(CCCC2)C1. The van der Waals surface area contributed by atoms with Gasteiger partial charge in [-0.3, -0.25) is 14.7 Å². The minimum atomic E-state index is -0.109. The third kappa shape index (κ3) is 5.53. The molecule has 2 unspecified atom stereocenters. The van der Waals surface area contributed by atoms with Gasteiger partial charge in [-0.25, -0.2) is 0 Å². The first-order valence-electron chi connectivity index (χ1n) is 15.3. The molecule has 1 aromatic heterocycles. The molecule has 6 nitrogen and oxygen atoms in total. The summed E-state index contributed by atoms with van der Waals surface area (Å²) < 4.78 is 12.0. The van der Waals surface area contributed by atoms with Crippen molar-refractivity contribution in [1.82, 2.24) is 15.2 Å². The lowest BCUT2D eigenvalue weighted by Crippen LogP contribution is -2.48. The fourth-order valence-electron chi connectivity index (χ4n) is 8.12. The molecule has 210 valence electrons. The number of ether oxygens (including phenoxy) is 2. The Kier molecular flexibility index (Phi) is 7.80. The van der Waals surface area contributed by atoms with E-state index in [9.17, 15) is 4.79 Å². The van der Waals surface area contributed by atoms with E-state index in [0.29, 0.717) is 18.6 Å². The van der Waals surface area contributed by atoms with Crippen LogP contribution in [0.25, 0.3) is 0 Å². The fraction of sp³-hybridized carbons (Fsp3) is 0.636. The van der Waals surface area contributed by atoms with Gasteiger partial charge in [0.05, 0.1) is 18.2 Å². The zero-order valence-corrected chi connectivity index (χ0v) is 23.8. The number of aromatic nitrogens is 1. The standard InChI is InChI=1S/C33H45N3O3/c1-24(2)39-30(37)22-36-20-13-25-8-7-9-26-27(11-12-28(36)31(25)26)34-19-16-32(29-10-3-6-18-35-29)17-21-38-33(23-32)14-4-5-15-33/h3,6-10,18,24,27-28,34H,4-5,11-17,19-23H2,1-2H3/t27?,28?,32-/m1/s1. The monoisotopic (exact) mass is 531 g/mol. The number of benzene rings is 1. The zero-order chi connectivity index (χ0) is 26.9. The van der Waals surface area contributed by atoms with Crippen LogP contribution in [0.3, 0.4) is 0 Å². The van der Waals surface area contributed by atoms with E-state index >= 15 is 0 Å². The molecule has 2 aliphatic heterocycles. The van der Waals surface area contributed by atoms with Gasteiger partial charge in [0.15, 0.2) is 0 Å². The normalized spacial score (nSPS) is 28.0. The molecule has 6 heteroatoms. The molecule has 2 fully saturated rings.